The number of nitrogens with zero attached hydrogens (tertiary/aromatic N) is 4. The van der Waals surface area contributed by atoms with Gasteiger partial charge in [0.15, 0.2) is 5.78 Å². The zero-order valence-corrected chi connectivity index (χ0v) is 11.5. The fourth-order valence-electron chi connectivity index (χ4n) is 1.80. The van der Waals surface area contributed by atoms with E-state index in [1.165, 1.54) is 6.33 Å². The SMILES string of the molecule is Cc1ccc(C(=O)Cc2ncnn2CC(C)C)cn1. The molecule has 0 spiro atoms. The molecule has 2 rings (SSSR count). The summed E-state index contributed by atoms with van der Waals surface area (Å²) in [7, 11) is 0. The summed E-state index contributed by atoms with van der Waals surface area (Å²) in [6.07, 6.45) is 3.37. The van der Waals surface area contributed by atoms with Crippen LogP contribution < -0.4 is 0 Å². The Morgan fingerprint density at radius 1 is 1.32 bits per heavy atom. The molecule has 0 fully saturated rings. The maximum atomic E-state index is 12.1. The normalized spacial score (nSPS) is 10.9. The molecule has 2 aromatic heterocycles. The highest BCUT2D eigenvalue weighted by Crippen LogP contribution is 2.07. The number of rotatable bonds is 5. The molecule has 100 valence electrons. The standard InChI is InChI=1S/C14H18N4O/c1-10(2)8-18-14(16-9-17-18)6-13(19)12-5-4-11(3)15-7-12/h4-5,7,9-10H,6,8H2,1-3H3. The van der Waals surface area contributed by atoms with Crippen LogP contribution >= 0.6 is 0 Å². The molecule has 0 bridgehead atoms. The first kappa shape index (κ1) is 13.4. The molecular formula is C14H18N4O. The van der Waals surface area contributed by atoms with Crippen molar-refractivity contribution >= 4 is 5.78 Å². The number of aryl methyl sites for hydroxylation is 1. The maximum Gasteiger partial charge on any atom is 0.171 e. The van der Waals surface area contributed by atoms with Gasteiger partial charge in [0.25, 0.3) is 0 Å². The van der Waals surface area contributed by atoms with Gasteiger partial charge in [-0.3, -0.25) is 9.78 Å². The molecule has 0 aliphatic carbocycles. The molecule has 0 atom stereocenters. The van der Waals surface area contributed by atoms with Gasteiger partial charge in [0.05, 0.1) is 6.42 Å². The summed E-state index contributed by atoms with van der Waals surface area (Å²) in [6.45, 7) is 6.89. The van der Waals surface area contributed by atoms with Crippen molar-refractivity contribution in [3.63, 3.8) is 0 Å². The van der Waals surface area contributed by atoms with Crippen LogP contribution in [-0.2, 0) is 13.0 Å². The molecule has 0 saturated carbocycles. The van der Waals surface area contributed by atoms with E-state index >= 15 is 0 Å². The van der Waals surface area contributed by atoms with E-state index in [0.29, 0.717) is 17.3 Å². The predicted octanol–water partition coefficient (Wildman–Crippen LogP) is 2.06. The number of pyridine rings is 1. The van der Waals surface area contributed by atoms with Gasteiger partial charge in [-0.1, -0.05) is 13.8 Å². The van der Waals surface area contributed by atoms with E-state index in [1.54, 1.807) is 16.9 Å². The van der Waals surface area contributed by atoms with Crippen LogP contribution in [0.15, 0.2) is 24.7 Å². The summed E-state index contributed by atoms with van der Waals surface area (Å²) in [5.41, 5.74) is 1.52. The number of carbonyl (C=O) groups is 1. The molecule has 5 nitrogen and oxygen atoms in total. The minimum Gasteiger partial charge on any atom is -0.294 e. The van der Waals surface area contributed by atoms with E-state index < -0.39 is 0 Å². The van der Waals surface area contributed by atoms with Gasteiger partial charge in [0, 0.05) is 24.0 Å². The van der Waals surface area contributed by atoms with Crippen LogP contribution in [0.3, 0.4) is 0 Å². The summed E-state index contributed by atoms with van der Waals surface area (Å²) >= 11 is 0. The number of hydrogen-bond donors (Lipinski definition) is 0. The highest BCUT2D eigenvalue weighted by Gasteiger charge is 2.13. The third-order valence-corrected chi connectivity index (χ3v) is 2.79. The molecular weight excluding hydrogens is 240 g/mol. The zero-order chi connectivity index (χ0) is 13.8. The van der Waals surface area contributed by atoms with E-state index in [4.69, 9.17) is 0 Å². The van der Waals surface area contributed by atoms with Gasteiger partial charge in [-0.15, -0.1) is 0 Å². The predicted molar refractivity (Wildman–Crippen MR) is 71.9 cm³/mol. The van der Waals surface area contributed by atoms with E-state index in [0.717, 1.165) is 12.2 Å². The molecule has 0 aliphatic rings. The molecule has 0 unspecified atom stereocenters. The Kier molecular flexibility index (Phi) is 4.04. The first-order valence-corrected chi connectivity index (χ1v) is 6.39. The third kappa shape index (κ3) is 3.47. The Morgan fingerprint density at radius 3 is 2.74 bits per heavy atom. The van der Waals surface area contributed by atoms with E-state index in [2.05, 4.69) is 28.9 Å². The van der Waals surface area contributed by atoms with Crippen LogP contribution in [0, 0.1) is 12.8 Å². The Bertz CT molecular complexity index is 557. The van der Waals surface area contributed by atoms with Crippen LogP contribution in [0.25, 0.3) is 0 Å². The molecule has 0 amide bonds. The van der Waals surface area contributed by atoms with Crippen LogP contribution in [0.5, 0.6) is 0 Å². The summed E-state index contributed by atoms with van der Waals surface area (Å²) in [6, 6.07) is 3.64. The Labute approximate surface area is 112 Å². The van der Waals surface area contributed by atoms with Gasteiger partial charge in [-0.25, -0.2) is 9.67 Å². The van der Waals surface area contributed by atoms with Crippen molar-refractivity contribution in [2.45, 2.75) is 33.7 Å². The quantitative estimate of drug-likeness (QED) is 0.770. The van der Waals surface area contributed by atoms with Crippen LogP contribution in [0.2, 0.25) is 0 Å². The fourth-order valence-corrected chi connectivity index (χ4v) is 1.80. The Hall–Kier alpha value is -2.04. The molecule has 0 aromatic carbocycles. The second-order valence-corrected chi connectivity index (χ2v) is 5.04. The smallest absolute Gasteiger partial charge is 0.171 e. The fraction of sp³-hybridized carbons (Fsp3) is 0.429. The van der Waals surface area contributed by atoms with E-state index in [1.807, 2.05) is 13.0 Å². The monoisotopic (exact) mass is 258 g/mol. The van der Waals surface area contributed by atoms with Crippen molar-refractivity contribution in [3.8, 4) is 0 Å². The average molecular weight is 258 g/mol. The lowest BCUT2D eigenvalue weighted by Crippen LogP contribution is -2.14. The lowest BCUT2D eigenvalue weighted by Gasteiger charge is -2.08. The molecule has 0 radical (unpaired) electrons. The maximum absolute atomic E-state index is 12.1. The molecule has 0 saturated heterocycles. The van der Waals surface area contributed by atoms with Crippen molar-refractivity contribution in [2.24, 2.45) is 5.92 Å². The van der Waals surface area contributed by atoms with Gasteiger partial charge in [-0.05, 0) is 25.0 Å². The number of carbonyl (C=O) groups excluding carboxylic acids is 1. The Morgan fingerprint density at radius 2 is 2.11 bits per heavy atom. The summed E-state index contributed by atoms with van der Waals surface area (Å²) in [4.78, 5) is 20.4. The summed E-state index contributed by atoms with van der Waals surface area (Å²) in [5.74, 6) is 1.20. The highest BCUT2D eigenvalue weighted by molar-refractivity contribution is 5.96. The van der Waals surface area contributed by atoms with Gasteiger partial charge in [0.2, 0.25) is 0 Å². The van der Waals surface area contributed by atoms with Crippen molar-refractivity contribution < 1.29 is 4.79 Å². The van der Waals surface area contributed by atoms with Gasteiger partial charge in [-0.2, -0.15) is 5.10 Å². The topological polar surface area (TPSA) is 60.7 Å². The number of Topliss-reactive ketones (excluding diaryl/α,β-unsaturated/α-hetero) is 1. The molecule has 0 N–H and O–H groups in total. The average Bonchev–Trinajstić information content (AvgIpc) is 2.76. The van der Waals surface area contributed by atoms with Crippen LogP contribution in [0.4, 0.5) is 0 Å². The second-order valence-electron chi connectivity index (χ2n) is 5.04. The molecule has 0 aliphatic heterocycles. The number of aromatic nitrogens is 4. The van der Waals surface area contributed by atoms with Gasteiger partial charge < -0.3 is 0 Å². The molecule has 2 heterocycles. The lowest BCUT2D eigenvalue weighted by molar-refractivity contribution is 0.0988. The van der Waals surface area contributed by atoms with Gasteiger partial charge in [0.1, 0.15) is 12.2 Å². The first-order chi connectivity index (χ1) is 9.06. The zero-order valence-electron chi connectivity index (χ0n) is 11.5. The second kappa shape index (κ2) is 5.73. The molecule has 19 heavy (non-hydrogen) atoms. The van der Waals surface area contributed by atoms with Crippen molar-refractivity contribution in [3.05, 3.63) is 41.7 Å². The van der Waals surface area contributed by atoms with Crippen molar-refractivity contribution in [2.75, 3.05) is 0 Å². The number of hydrogen-bond acceptors (Lipinski definition) is 4. The number of ketones is 1. The van der Waals surface area contributed by atoms with Crippen molar-refractivity contribution in [1.82, 2.24) is 19.7 Å². The summed E-state index contributed by atoms with van der Waals surface area (Å²) in [5, 5.41) is 4.15. The minimum absolute atomic E-state index is 0.0190. The van der Waals surface area contributed by atoms with Crippen molar-refractivity contribution in [1.29, 1.82) is 0 Å². The van der Waals surface area contributed by atoms with Crippen LogP contribution in [-0.4, -0.2) is 25.5 Å². The third-order valence-electron chi connectivity index (χ3n) is 2.79. The van der Waals surface area contributed by atoms with Crippen LogP contribution in [0.1, 0.15) is 35.7 Å². The molecule has 2 aromatic rings. The van der Waals surface area contributed by atoms with Gasteiger partial charge >= 0.3 is 0 Å². The lowest BCUT2D eigenvalue weighted by atomic mass is 10.1. The minimum atomic E-state index is 0.0190. The first-order valence-electron chi connectivity index (χ1n) is 6.39. The van der Waals surface area contributed by atoms with E-state index in [9.17, 15) is 4.79 Å². The molecule has 5 heteroatoms. The Balaban J connectivity index is 2.10. The van der Waals surface area contributed by atoms with E-state index in [-0.39, 0.29) is 12.2 Å². The highest BCUT2D eigenvalue weighted by atomic mass is 16.1. The summed E-state index contributed by atoms with van der Waals surface area (Å²) < 4.78 is 1.80. The largest absolute Gasteiger partial charge is 0.294 e.